The molecule has 1 aliphatic rings. The second-order valence-electron chi connectivity index (χ2n) is 4.20. The van der Waals surface area contributed by atoms with E-state index >= 15 is 0 Å². The molecule has 1 aromatic rings. The molecule has 1 N–H and O–H groups in total. The minimum atomic E-state index is 0.449. The Morgan fingerprint density at radius 1 is 1.53 bits per heavy atom. The highest BCUT2D eigenvalue weighted by Crippen LogP contribution is 2.20. The Morgan fingerprint density at radius 3 is 3.00 bits per heavy atom. The van der Waals surface area contributed by atoms with Gasteiger partial charge in [-0.15, -0.1) is 11.3 Å². The van der Waals surface area contributed by atoms with E-state index in [4.69, 9.17) is 4.74 Å². The first kappa shape index (κ1) is 11.1. The second kappa shape index (κ2) is 5.10. The molecule has 0 spiro atoms. The number of hydrogen-bond acceptors (Lipinski definition) is 3. The lowest BCUT2D eigenvalue weighted by Gasteiger charge is -2.10. The highest BCUT2D eigenvalue weighted by atomic mass is 32.1. The van der Waals surface area contributed by atoms with Crippen LogP contribution in [0.1, 0.15) is 28.2 Å². The molecule has 1 aliphatic heterocycles. The monoisotopic (exact) mass is 225 g/mol. The SMILES string of the molecule is Cc1cc(CNCC2CCCO2)c(C)s1. The Balaban J connectivity index is 1.75. The first-order valence-corrected chi connectivity index (χ1v) is 6.45. The molecule has 15 heavy (non-hydrogen) atoms. The van der Waals surface area contributed by atoms with Gasteiger partial charge in [0, 0.05) is 29.5 Å². The molecule has 2 rings (SSSR count). The fraction of sp³-hybridized carbons (Fsp3) is 0.667. The summed E-state index contributed by atoms with van der Waals surface area (Å²) in [5.74, 6) is 0. The van der Waals surface area contributed by atoms with Crippen molar-refractivity contribution < 1.29 is 4.74 Å². The quantitative estimate of drug-likeness (QED) is 0.850. The predicted molar refractivity (Wildman–Crippen MR) is 64.5 cm³/mol. The average Bonchev–Trinajstić information content (AvgIpc) is 2.77. The van der Waals surface area contributed by atoms with Crippen LogP contribution in [0.5, 0.6) is 0 Å². The van der Waals surface area contributed by atoms with Crippen molar-refractivity contribution in [3.63, 3.8) is 0 Å². The molecule has 1 fully saturated rings. The van der Waals surface area contributed by atoms with E-state index in [2.05, 4.69) is 25.2 Å². The summed E-state index contributed by atoms with van der Waals surface area (Å²) in [6.45, 7) is 7.29. The van der Waals surface area contributed by atoms with Crippen LogP contribution in [-0.4, -0.2) is 19.3 Å². The topological polar surface area (TPSA) is 21.3 Å². The predicted octanol–water partition coefficient (Wildman–Crippen LogP) is 2.63. The zero-order valence-corrected chi connectivity index (χ0v) is 10.3. The van der Waals surface area contributed by atoms with Crippen molar-refractivity contribution in [1.82, 2.24) is 5.32 Å². The van der Waals surface area contributed by atoms with Gasteiger partial charge in [-0.3, -0.25) is 0 Å². The molecule has 1 atom stereocenters. The smallest absolute Gasteiger partial charge is 0.0700 e. The standard InChI is InChI=1S/C12H19NOS/c1-9-6-11(10(2)15-9)7-13-8-12-4-3-5-14-12/h6,12-13H,3-5,7-8H2,1-2H3. The van der Waals surface area contributed by atoms with Crippen molar-refractivity contribution in [3.05, 3.63) is 21.4 Å². The summed E-state index contributed by atoms with van der Waals surface area (Å²) >= 11 is 1.88. The lowest BCUT2D eigenvalue weighted by molar-refractivity contribution is 0.110. The van der Waals surface area contributed by atoms with Gasteiger partial charge in [0.25, 0.3) is 0 Å². The molecule has 2 nitrogen and oxygen atoms in total. The maximum Gasteiger partial charge on any atom is 0.0700 e. The van der Waals surface area contributed by atoms with Crippen molar-refractivity contribution >= 4 is 11.3 Å². The Hall–Kier alpha value is -0.380. The highest BCUT2D eigenvalue weighted by Gasteiger charge is 2.14. The molecule has 0 amide bonds. The first-order valence-electron chi connectivity index (χ1n) is 5.64. The van der Waals surface area contributed by atoms with E-state index in [9.17, 15) is 0 Å². The number of hydrogen-bond donors (Lipinski definition) is 1. The van der Waals surface area contributed by atoms with E-state index in [0.29, 0.717) is 6.10 Å². The molecule has 84 valence electrons. The summed E-state index contributed by atoms with van der Waals surface area (Å²) in [5.41, 5.74) is 1.44. The van der Waals surface area contributed by atoms with E-state index in [-0.39, 0.29) is 0 Å². The Morgan fingerprint density at radius 2 is 2.40 bits per heavy atom. The fourth-order valence-corrected chi connectivity index (χ4v) is 2.98. The van der Waals surface area contributed by atoms with Crippen molar-refractivity contribution in [2.24, 2.45) is 0 Å². The zero-order valence-electron chi connectivity index (χ0n) is 9.51. The summed E-state index contributed by atoms with van der Waals surface area (Å²) in [7, 11) is 0. The number of aryl methyl sites for hydroxylation is 2. The van der Waals surface area contributed by atoms with Gasteiger partial charge in [0.2, 0.25) is 0 Å². The average molecular weight is 225 g/mol. The van der Waals surface area contributed by atoms with Gasteiger partial charge < -0.3 is 10.1 Å². The molecule has 1 aromatic heterocycles. The van der Waals surface area contributed by atoms with Crippen LogP contribution < -0.4 is 5.32 Å². The van der Waals surface area contributed by atoms with Gasteiger partial charge in [0.15, 0.2) is 0 Å². The van der Waals surface area contributed by atoms with Gasteiger partial charge in [-0.25, -0.2) is 0 Å². The molecule has 2 heterocycles. The molecular formula is C12H19NOS. The maximum absolute atomic E-state index is 5.57. The molecule has 1 unspecified atom stereocenters. The van der Waals surface area contributed by atoms with Crippen molar-refractivity contribution in [2.75, 3.05) is 13.2 Å². The van der Waals surface area contributed by atoms with E-state index in [1.807, 2.05) is 11.3 Å². The van der Waals surface area contributed by atoms with Gasteiger partial charge in [0.05, 0.1) is 6.10 Å². The third-order valence-corrected chi connectivity index (χ3v) is 3.86. The van der Waals surface area contributed by atoms with Crippen LogP contribution in [0.3, 0.4) is 0 Å². The summed E-state index contributed by atoms with van der Waals surface area (Å²) in [6, 6.07) is 2.28. The van der Waals surface area contributed by atoms with E-state index in [0.717, 1.165) is 19.7 Å². The van der Waals surface area contributed by atoms with Crippen LogP contribution >= 0.6 is 11.3 Å². The lowest BCUT2D eigenvalue weighted by atomic mass is 10.2. The van der Waals surface area contributed by atoms with E-state index in [1.165, 1.54) is 28.2 Å². The minimum Gasteiger partial charge on any atom is -0.377 e. The maximum atomic E-state index is 5.57. The lowest BCUT2D eigenvalue weighted by Crippen LogP contribution is -2.25. The van der Waals surface area contributed by atoms with Crippen molar-refractivity contribution in [3.8, 4) is 0 Å². The van der Waals surface area contributed by atoms with Gasteiger partial charge in [0.1, 0.15) is 0 Å². The zero-order chi connectivity index (χ0) is 10.7. The van der Waals surface area contributed by atoms with Crippen molar-refractivity contribution in [1.29, 1.82) is 0 Å². The molecule has 0 aliphatic carbocycles. The van der Waals surface area contributed by atoms with Gasteiger partial charge in [-0.05, 0) is 38.3 Å². The first-order chi connectivity index (χ1) is 7.25. The summed E-state index contributed by atoms with van der Waals surface area (Å²) < 4.78 is 5.57. The largest absolute Gasteiger partial charge is 0.377 e. The number of ether oxygens (including phenoxy) is 1. The van der Waals surface area contributed by atoms with Crippen LogP contribution in [0.25, 0.3) is 0 Å². The molecule has 0 bridgehead atoms. The van der Waals surface area contributed by atoms with Crippen LogP contribution in [0.2, 0.25) is 0 Å². The summed E-state index contributed by atoms with van der Waals surface area (Å²) in [6.07, 6.45) is 2.89. The summed E-state index contributed by atoms with van der Waals surface area (Å²) in [4.78, 5) is 2.84. The van der Waals surface area contributed by atoms with Crippen LogP contribution in [-0.2, 0) is 11.3 Å². The minimum absolute atomic E-state index is 0.449. The van der Waals surface area contributed by atoms with Crippen molar-refractivity contribution in [2.45, 2.75) is 39.3 Å². The Labute approximate surface area is 95.6 Å². The Kier molecular flexibility index (Phi) is 3.78. The highest BCUT2D eigenvalue weighted by molar-refractivity contribution is 7.12. The van der Waals surface area contributed by atoms with Crippen LogP contribution in [0.4, 0.5) is 0 Å². The van der Waals surface area contributed by atoms with Gasteiger partial charge in [-0.2, -0.15) is 0 Å². The van der Waals surface area contributed by atoms with Crippen LogP contribution in [0.15, 0.2) is 6.07 Å². The Bertz CT molecular complexity index is 315. The number of thiophene rings is 1. The number of nitrogens with one attached hydrogen (secondary N) is 1. The fourth-order valence-electron chi connectivity index (χ4n) is 2.03. The molecule has 0 saturated carbocycles. The third-order valence-electron chi connectivity index (χ3n) is 2.86. The molecule has 3 heteroatoms. The molecular weight excluding hydrogens is 206 g/mol. The van der Waals surface area contributed by atoms with E-state index < -0.39 is 0 Å². The van der Waals surface area contributed by atoms with Crippen LogP contribution in [0, 0.1) is 13.8 Å². The second-order valence-corrected chi connectivity index (χ2v) is 5.66. The third kappa shape index (κ3) is 3.03. The molecule has 0 aromatic carbocycles. The molecule has 1 saturated heterocycles. The van der Waals surface area contributed by atoms with E-state index in [1.54, 1.807) is 0 Å². The normalized spacial score (nSPS) is 21.1. The van der Waals surface area contributed by atoms with Gasteiger partial charge >= 0.3 is 0 Å². The summed E-state index contributed by atoms with van der Waals surface area (Å²) in [5, 5.41) is 3.48. The number of rotatable bonds is 4. The van der Waals surface area contributed by atoms with Gasteiger partial charge in [-0.1, -0.05) is 0 Å². The molecule has 0 radical (unpaired) electrons.